The Kier molecular flexibility index (Phi) is 6.14. The standard InChI is InChI=1S/C15H26O3/c1-5-7-8-9-10-11-12(16)14-13(6-2)17-15(3,4)18-14/h2,12-14,16H,5,7-11H2,1,3-4H3/t12-,13-,14+/m1/s1. The second-order valence-corrected chi connectivity index (χ2v) is 5.46. The van der Waals surface area contributed by atoms with Crippen LogP contribution in [0.15, 0.2) is 0 Å². The molecule has 1 fully saturated rings. The van der Waals surface area contributed by atoms with Crippen molar-refractivity contribution in [3.05, 3.63) is 0 Å². The van der Waals surface area contributed by atoms with Crippen LogP contribution in [0.25, 0.3) is 0 Å². The van der Waals surface area contributed by atoms with Gasteiger partial charge in [-0.3, -0.25) is 0 Å². The van der Waals surface area contributed by atoms with Crippen molar-refractivity contribution in [1.82, 2.24) is 0 Å². The molecular weight excluding hydrogens is 228 g/mol. The Balaban J connectivity index is 2.32. The van der Waals surface area contributed by atoms with Crippen LogP contribution in [-0.4, -0.2) is 29.2 Å². The van der Waals surface area contributed by atoms with Gasteiger partial charge in [-0.15, -0.1) is 6.42 Å². The first kappa shape index (κ1) is 15.5. The van der Waals surface area contributed by atoms with Crippen LogP contribution in [0.4, 0.5) is 0 Å². The Morgan fingerprint density at radius 1 is 1.22 bits per heavy atom. The van der Waals surface area contributed by atoms with Crippen molar-refractivity contribution >= 4 is 0 Å². The molecule has 0 unspecified atom stereocenters. The van der Waals surface area contributed by atoms with E-state index in [9.17, 15) is 5.11 Å². The topological polar surface area (TPSA) is 38.7 Å². The summed E-state index contributed by atoms with van der Waals surface area (Å²) < 4.78 is 11.2. The molecule has 3 nitrogen and oxygen atoms in total. The molecule has 0 saturated carbocycles. The van der Waals surface area contributed by atoms with E-state index in [-0.39, 0.29) is 0 Å². The summed E-state index contributed by atoms with van der Waals surface area (Å²) in [6, 6.07) is 0. The van der Waals surface area contributed by atoms with E-state index in [0.717, 1.165) is 19.3 Å². The minimum Gasteiger partial charge on any atom is -0.390 e. The van der Waals surface area contributed by atoms with Gasteiger partial charge in [-0.2, -0.15) is 0 Å². The predicted octanol–water partition coefficient (Wildman–Crippen LogP) is 2.86. The summed E-state index contributed by atoms with van der Waals surface area (Å²) in [5, 5.41) is 10.1. The third kappa shape index (κ3) is 4.61. The minimum atomic E-state index is -0.690. The van der Waals surface area contributed by atoms with Gasteiger partial charge in [0.05, 0.1) is 6.10 Å². The van der Waals surface area contributed by atoms with Gasteiger partial charge >= 0.3 is 0 Å². The van der Waals surface area contributed by atoms with Crippen molar-refractivity contribution in [2.24, 2.45) is 0 Å². The van der Waals surface area contributed by atoms with E-state index in [0.29, 0.717) is 0 Å². The molecule has 18 heavy (non-hydrogen) atoms. The van der Waals surface area contributed by atoms with Crippen LogP contribution in [-0.2, 0) is 9.47 Å². The molecule has 0 aromatic rings. The number of rotatable bonds is 7. The molecule has 0 bridgehead atoms. The summed E-state index contributed by atoms with van der Waals surface area (Å²) in [5.74, 6) is 1.86. The van der Waals surface area contributed by atoms with Gasteiger partial charge in [-0.25, -0.2) is 0 Å². The predicted molar refractivity (Wildman–Crippen MR) is 72.0 cm³/mol. The molecular formula is C15H26O3. The van der Waals surface area contributed by atoms with E-state index in [2.05, 4.69) is 12.8 Å². The number of hydrogen-bond donors (Lipinski definition) is 1. The fourth-order valence-electron chi connectivity index (χ4n) is 2.32. The highest BCUT2D eigenvalue weighted by molar-refractivity contribution is 5.04. The summed E-state index contributed by atoms with van der Waals surface area (Å²) in [6.45, 7) is 5.84. The number of unbranched alkanes of at least 4 members (excludes halogenated alkanes) is 4. The second-order valence-electron chi connectivity index (χ2n) is 5.46. The van der Waals surface area contributed by atoms with Gasteiger partial charge in [0.15, 0.2) is 5.79 Å². The third-order valence-electron chi connectivity index (χ3n) is 3.28. The second kappa shape index (κ2) is 7.13. The van der Waals surface area contributed by atoms with Crippen LogP contribution in [0.2, 0.25) is 0 Å². The largest absolute Gasteiger partial charge is 0.390 e. The zero-order valence-corrected chi connectivity index (χ0v) is 11.8. The van der Waals surface area contributed by atoms with Crippen LogP contribution < -0.4 is 0 Å². The highest BCUT2D eigenvalue weighted by atomic mass is 16.8. The maximum atomic E-state index is 10.1. The first-order valence-electron chi connectivity index (χ1n) is 7.00. The number of aliphatic hydroxyl groups is 1. The maximum absolute atomic E-state index is 10.1. The number of ether oxygens (including phenoxy) is 2. The highest BCUT2D eigenvalue weighted by Crippen LogP contribution is 2.30. The van der Waals surface area contributed by atoms with Crippen molar-refractivity contribution in [3.63, 3.8) is 0 Å². The van der Waals surface area contributed by atoms with E-state index in [1.165, 1.54) is 19.3 Å². The third-order valence-corrected chi connectivity index (χ3v) is 3.28. The van der Waals surface area contributed by atoms with Crippen molar-refractivity contribution in [2.75, 3.05) is 0 Å². The normalized spacial score (nSPS) is 27.9. The maximum Gasteiger partial charge on any atom is 0.165 e. The molecule has 1 aliphatic heterocycles. The number of terminal acetylenes is 1. The van der Waals surface area contributed by atoms with Crippen molar-refractivity contribution in [3.8, 4) is 12.3 Å². The molecule has 1 N–H and O–H groups in total. The van der Waals surface area contributed by atoms with Crippen LogP contribution in [0.3, 0.4) is 0 Å². The molecule has 1 aliphatic rings. The quantitative estimate of drug-likeness (QED) is 0.561. The smallest absolute Gasteiger partial charge is 0.165 e. The van der Waals surface area contributed by atoms with Crippen molar-refractivity contribution < 1.29 is 14.6 Å². The minimum absolute atomic E-state index is 0.392. The zero-order valence-electron chi connectivity index (χ0n) is 11.8. The monoisotopic (exact) mass is 254 g/mol. The average Bonchev–Trinajstić information content (AvgIpc) is 2.64. The first-order valence-corrected chi connectivity index (χ1v) is 7.00. The Morgan fingerprint density at radius 3 is 2.50 bits per heavy atom. The fourth-order valence-corrected chi connectivity index (χ4v) is 2.32. The Hall–Kier alpha value is -0.560. The van der Waals surface area contributed by atoms with Crippen LogP contribution in [0.5, 0.6) is 0 Å². The molecule has 3 atom stereocenters. The number of aliphatic hydroxyl groups excluding tert-OH is 1. The summed E-state index contributed by atoms with van der Waals surface area (Å²) in [7, 11) is 0. The Bertz CT molecular complexity index is 280. The lowest BCUT2D eigenvalue weighted by Crippen LogP contribution is -2.34. The first-order chi connectivity index (χ1) is 8.50. The average molecular weight is 254 g/mol. The molecule has 1 saturated heterocycles. The summed E-state index contributed by atoms with van der Waals surface area (Å²) in [6.07, 6.45) is 10.7. The van der Waals surface area contributed by atoms with Crippen LogP contribution in [0, 0.1) is 12.3 Å². The van der Waals surface area contributed by atoms with Gasteiger partial charge in [0.1, 0.15) is 12.2 Å². The summed E-state index contributed by atoms with van der Waals surface area (Å²) in [5.41, 5.74) is 0. The van der Waals surface area contributed by atoms with Gasteiger partial charge in [0, 0.05) is 0 Å². The van der Waals surface area contributed by atoms with E-state index in [1.807, 2.05) is 13.8 Å². The summed E-state index contributed by atoms with van der Waals surface area (Å²) >= 11 is 0. The Labute approximate surface area is 111 Å². The van der Waals surface area contributed by atoms with Gasteiger partial charge in [-0.1, -0.05) is 44.9 Å². The molecule has 0 spiro atoms. The molecule has 3 heteroatoms. The summed E-state index contributed by atoms with van der Waals surface area (Å²) in [4.78, 5) is 0. The lowest BCUT2D eigenvalue weighted by molar-refractivity contribution is -0.153. The lowest BCUT2D eigenvalue weighted by atomic mass is 10.0. The molecule has 0 aromatic heterocycles. The lowest BCUT2D eigenvalue weighted by Gasteiger charge is -2.20. The van der Waals surface area contributed by atoms with E-state index in [1.54, 1.807) is 0 Å². The number of hydrogen-bond acceptors (Lipinski definition) is 3. The Morgan fingerprint density at radius 2 is 1.89 bits per heavy atom. The molecule has 0 aliphatic carbocycles. The van der Waals surface area contributed by atoms with Gasteiger partial charge in [0.25, 0.3) is 0 Å². The van der Waals surface area contributed by atoms with Gasteiger partial charge in [-0.05, 0) is 20.3 Å². The van der Waals surface area contributed by atoms with Gasteiger partial charge < -0.3 is 14.6 Å². The van der Waals surface area contributed by atoms with Crippen LogP contribution >= 0.6 is 0 Å². The van der Waals surface area contributed by atoms with Crippen molar-refractivity contribution in [1.29, 1.82) is 0 Å². The van der Waals surface area contributed by atoms with Crippen molar-refractivity contribution in [2.45, 2.75) is 83.4 Å². The van der Waals surface area contributed by atoms with E-state index >= 15 is 0 Å². The molecule has 0 aromatic carbocycles. The highest BCUT2D eigenvalue weighted by Gasteiger charge is 2.43. The molecule has 0 radical (unpaired) electrons. The van der Waals surface area contributed by atoms with E-state index in [4.69, 9.17) is 15.9 Å². The fraction of sp³-hybridized carbons (Fsp3) is 0.867. The van der Waals surface area contributed by atoms with E-state index < -0.39 is 24.1 Å². The molecule has 1 rings (SSSR count). The molecule has 104 valence electrons. The van der Waals surface area contributed by atoms with Crippen LogP contribution in [0.1, 0.15) is 59.3 Å². The zero-order chi connectivity index (χ0) is 13.6. The van der Waals surface area contributed by atoms with Gasteiger partial charge in [0.2, 0.25) is 0 Å². The molecule has 0 amide bonds. The molecule has 1 heterocycles. The SMILES string of the molecule is C#C[C@H]1OC(C)(C)O[C@H]1[C@H](O)CCCCCCC.